The number of hydrogen-bond donors (Lipinski definition) is 3. The third-order valence-corrected chi connectivity index (χ3v) is 4.57. The zero-order valence-electron chi connectivity index (χ0n) is 14.3. The number of amides is 2. The van der Waals surface area contributed by atoms with Gasteiger partial charge < -0.3 is 21.1 Å². The number of rotatable bonds is 5. The molecular formula is C18H21N5O3. The van der Waals surface area contributed by atoms with Crippen molar-refractivity contribution in [1.82, 2.24) is 14.9 Å². The van der Waals surface area contributed by atoms with Gasteiger partial charge in [-0.25, -0.2) is 9.78 Å². The highest BCUT2D eigenvalue weighted by molar-refractivity contribution is 5.93. The summed E-state index contributed by atoms with van der Waals surface area (Å²) >= 11 is 0. The molecule has 1 aromatic carbocycles. The molecule has 1 aliphatic rings. The van der Waals surface area contributed by atoms with Crippen molar-refractivity contribution in [1.29, 1.82) is 0 Å². The van der Waals surface area contributed by atoms with Gasteiger partial charge in [-0.1, -0.05) is 12.1 Å². The number of nitrogens with one attached hydrogen (secondary N) is 1. The smallest absolute Gasteiger partial charge is 0.407 e. The summed E-state index contributed by atoms with van der Waals surface area (Å²) in [6, 6.07) is 6.89. The minimum absolute atomic E-state index is 0.424. The Morgan fingerprint density at radius 1 is 1.15 bits per heavy atom. The van der Waals surface area contributed by atoms with Crippen LogP contribution >= 0.6 is 0 Å². The molecule has 0 bridgehead atoms. The lowest BCUT2D eigenvalue weighted by Crippen LogP contribution is -2.39. The lowest BCUT2D eigenvalue weighted by Gasteiger charge is -2.30. The van der Waals surface area contributed by atoms with Crippen LogP contribution in [0.25, 0.3) is 11.3 Å². The van der Waals surface area contributed by atoms with Crippen molar-refractivity contribution in [2.45, 2.75) is 12.8 Å². The van der Waals surface area contributed by atoms with Gasteiger partial charge in [0.25, 0.3) is 0 Å². The summed E-state index contributed by atoms with van der Waals surface area (Å²) in [4.78, 5) is 32.2. The number of carbonyl (C=O) groups excluding carboxylic acids is 1. The molecule has 1 aromatic heterocycles. The van der Waals surface area contributed by atoms with E-state index in [4.69, 9.17) is 10.8 Å². The van der Waals surface area contributed by atoms with Gasteiger partial charge in [-0.15, -0.1) is 0 Å². The number of aromatic nitrogens is 2. The second-order valence-electron chi connectivity index (χ2n) is 6.32. The molecule has 0 atom stereocenters. The average Bonchev–Trinajstić information content (AvgIpc) is 2.67. The molecule has 0 unspecified atom stereocenters. The number of anilines is 1. The van der Waals surface area contributed by atoms with Gasteiger partial charge in [0.2, 0.25) is 5.91 Å². The summed E-state index contributed by atoms with van der Waals surface area (Å²) in [5.74, 6) is 0.646. The number of likely N-dealkylation sites (tertiary alicyclic amines) is 1. The molecule has 1 fully saturated rings. The van der Waals surface area contributed by atoms with E-state index in [1.165, 1.54) is 4.90 Å². The van der Waals surface area contributed by atoms with Crippen LogP contribution in [0.1, 0.15) is 23.2 Å². The lowest BCUT2D eigenvalue weighted by molar-refractivity contribution is 0.1000. The molecule has 3 rings (SSSR count). The number of hydrogen-bond acceptors (Lipinski definition) is 5. The van der Waals surface area contributed by atoms with Crippen molar-refractivity contribution in [3.63, 3.8) is 0 Å². The second-order valence-corrected chi connectivity index (χ2v) is 6.32. The Morgan fingerprint density at radius 3 is 2.38 bits per heavy atom. The molecule has 4 N–H and O–H groups in total. The Hall–Kier alpha value is -3.16. The zero-order chi connectivity index (χ0) is 18.5. The van der Waals surface area contributed by atoms with Gasteiger partial charge in [0.15, 0.2) is 0 Å². The monoisotopic (exact) mass is 355 g/mol. The van der Waals surface area contributed by atoms with E-state index in [-0.39, 0.29) is 0 Å². The minimum atomic E-state index is -0.846. The highest BCUT2D eigenvalue weighted by atomic mass is 16.4. The van der Waals surface area contributed by atoms with Crippen LogP contribution in [0.3, 0.4) is 0 Å². The molecule has 26 heavy (non-hydrogen) atoms. The number of carbonyl (C=O) groups is 2. The molecule has 8 heteroatoms. The first kappa shape index (κ1) is 17.7. The maximum atomic E-state index is 11.1. The van der Waals surface area contributed by atoms with E-state index in [0.29, 0.717) is 36.1 Å². The quantitative estimate of drug-likeness (QED) is 0.754. The Labute approximate surface area is 151 Å². The molecule has 0 saturated carbocycles. The number of nitrogens with two attached hydrogens (primary N) is 1. The summed E-state index contributed by atoms with van der Waals surface area (Å²) < 4.78 is 0. The van der Waals surface area contributed by atoms with Gasteiger partial charge in [0.05, 0.1) is 18.1 Å². The van der Waals surface area contributed by atoms with Crippen LogP contribution < -0.4 is 11.1 Å². The van der Waals surface area contributed by atoms with Gasteiger partial charge >= 0.3 is 6.09 Å². The highest BCUT2D eigenvalue weighted by Crippen LogP contribution is 2.19. The fourth-order valence-electron chi connectivity index (χ4n) is 2.95. The average molecular weight is 355 g/mol. The van der Waals surface area contributed by atoms with Crippen LogP contribution in [-0.4, -0.2) is 51.6 Å². The molecule has 0 radical (unpaired) electrons. The van der Waals surface area contributed by atoms with Crippen LogP contribution in [0.2, 0.25) is 0 Å². The summed E-state index contributed by atoms with van der Waals surface area (Å²) in [5, 5.41) is 12.2. The summed E-state index contributed by atoms with van der Waals surface area (Å²) in [7, 11) is 0. The zero-order valence-corrected chi connectivity index (χ0v) is 14.3. The van der Waals surface area contributed by atoms with Gasteiger partial charge in [0.1, 0.15) is 5.82 Å². The molecule has 2 heterocycles. The van der Waals surface area contributed by atoms with Gasteiger partial charge in [-0.05, 0) is 30.9 Å². The van der Waals surface area contributed by atoms with Crippen LogP contribution in [0, 0.1) is 5.92 Å². The molecule has 0 spiro atoms. The fraction of sp³-hybridized carbons (Fsp3) is 0.333. The van der Waals surface area contributed by atoms with E-state index in [1.807, 2.05) is 0 Å². The number of benzene rings is 1. The van der Waals surface area contributed by atoms with E-state index in [1.54, 1.807) is 36.7 Å². The van der Waals surface area contributed by atoms with Crippen LogP contribution in [0.4, 0.5) is 10.6 Å². The number of carboxylic acid groups (broad SMARTS) is 1. The van der Waals surface area contributed by atoms with Gasteiger partial charge in [-0.3, -0.25) is 9.78 Å². The Kier molecular flexibility index (Phi) is 5.31. The van der Waals surface area contributed by atoms with E-state index >= 15 is 0 Å². The van der Waals surface area contributed by atoms with E-state index in [0.717, 1.165) is 24.9 Å². The van der Waals surface area contributed by atoms with Crippen molar-refractivity contribution < 1.29 is 14.7 Å². The molecule has 8 nitrogen and oxygen atoms in total. The van der Waals surface area contributed by atoms with Crippen molar-refractivity contribution in [2.75, 3.05) is 25.0 Å². The molecule has 0 aliphatic carbocycles. The first-order chi connectivity index (χ1) is 12.5. The Bertz CT molecular complexity index is 768. The number of piperidine rings is 1. The molecular weight excluding hydrogens is 334 g/mol. The normalized spacial score (nSPS) is 14.8. The molecule has 136 valence electrons. The number of nitrogens with zero attached hydrogens (tertiary/aromatic N) is 3. The van der Waals surface area contributed by atoms with E-state index < -0.39 is 12.0 Å². The lowest BCUT2D eigenvalue weighted by atomic mass is 9.97. The maximum Gasteiger partial charge on any atom is 0.407 e. The SMILES string of the molecule is NC(=O)c1ccc(-c2cnc(NCC3CCN(C(=O)O)CC3)cn2)cc1. The molecule has 1 aliphatic heterocycles. The van der Waals surface area contributed by atoms with Crippen molar-refractivity contribution >= 4 is 17.8 Å². The molecule has 1 saturated heterocycles. The summed E-state index contributed by atoms with van der Waals surface area (Å²) in [5.41, 5.74) is 7.25. The highest BCUT2D eigenvalue weighted by Gasteiger charge is 2.22. The molecule has 2 aromatic rings. The predicted octanol–water partition coefficient (Wildman–Crippen LogP) is 2.04. The second kappa shape index (κ2) is 7.81. The minimum Gasteiger partial charge on any atom is -0.465 e. The Morgan fingerprint density at radius 2 is 1.85 bits per heavy atom. The topological polar surface area (TPSA) is 121 Å². The van der Waals surface area contributed by atoms with Crippen LogP contribution in [0.15, 0.2) is 36.7 Å². The van der Waals surface area contributed by atoms with Crippen LogP contribution in [0.5, 0.6) is 0 Å². The van der Waals surface area contributed by atoms with E-state index in [2.05, 4.69) is 15.3 Å². The summed E-state index contributed by atoms with van der Waals surface area (Å²) in [6.07, 6.45) is 4.19. The summed E-state index contributed by atoms with van der Waals surface area (Å²) in [6.45, 7) is 1.90. The standard InChI is InChI=1S/C18H21N5O3/c19-17(24)14-3-1-13(2-4-14)15-10-22-16(11-20-15)21-9-12-5-7-23(8-6-12)18(25)26/h1-4,10-12H,5-9H2,(H2,19,24)(H,21,22)(H,25,26). The van der Waals surface area contributed by atoms with Gasteiger partial charge in [0, 0.05) is 30.8 Å². The fourth-order valence-corrected chi connectivity index (χ4v) is 2.95. The van der Waals surface area contributed by atoms with Crippen molar-refractivity contribution in [3.05, 3.63) is 42.2 Å². The largest absolute Gasteiger partial charge is 0.465 e. The van der Waals surface area contributed by atoms with Crippen molar-refractivity contribution in [2.24, 2.45) is 11.7 Å². The first-order valence-electron chi connectivity index (χ1n) is 8.47. The number of primary amides is 1. The third-order valence-electron chi connectivity index (χ3n) is 4.57. The third kappa shape index (κ3) is 4.27. The predicted molar refractivity (Wildman–Crippen MR) is 96.8 cm³/mol. The maximum absolute atomic E-state index is 11.1. The first-order valence-corrected chi connectivity index (χ1v) is 8.47. The Balaban J connectivity index is 1.53. The van der Waals surface area contributed by atoms with Crippen molar-refractivity contribution in [3.8, 4) is 11.3 Å². The van der Waals surface area contributed by atoms with Gasteiger partial charge in [-0.2, -0.15) is 0 Å². The molecule has 2 amide bonds. The van der Waals surface area contributed by atoms with E-state index in [9.17, 15) is 9.59 Å². The van der Waals surface area contributed by atoms with Crippen LogP contribution in [-0.2, 0) is 0 Å².